The van der Waals surface area contributed by atoms with Gasteiger partial charge in [0.2, 0.25) is 0 Å². The van der Waals surface area contributed by atoms with Crippen LogP contribution in [0.1, 0.15) is 10.4 Å². The molecule has 6 nitrogen and oxygen atoms in total. The smallest absolute Gasteiger partial charge is 0.337 e. The number of methoxy groups -OCH3 is 2. The molecular formula is C13H19NO5. The maximum atomic E-state index is 11.4. The van der Waals surface area contributed by atoms with Crippen molar-refractivity contribution in [1.82, 2.24) is 0 Å². The summed E-state index contributed by atoms with van der Waals surface area (Å²) >= 11 is 0. The lowest BCUT2D eigenvalue weighted by Gasteiger charge is -2.10. The molecule has 0 saturated carbocycles. The molecule has 0 aliphatic rings. The standard InChI is InChI=1S/C13H19NO5/c1-16-5-6-18-7-8-19-12-9-10(13(15)17-2)3-4-11(12)14/h3-4,9H,5-8,14H2,1-2H3. The van der Waals surface area contributed by atoms with Crippen LogP contribution in [0.3, 0.4) is 0 Å². The molecular weight excluding hydrogens is 250 g/mol. The fourth-order valence-corrected chi connectivity index (χ4v) is 1.36. The van der Waals surface area contributed by atoms with E-state index in [2.05, 4.69) is 4.74 Å². The molecule has 0 saturated heterocycles. The van der Waals surface area contributed by atoms with Crippen molar-refractivity contribution >= 4 is 11.7 Å². The van der Waals surface area contributed by atoms with Crippen LogP contribution in [-0.2, 0) is 14.2 Å². The highest BCUT2D eigenvalue weighted by molar-refractivity contribution is 5.90. The van der Waals surface area contributed by atoms with Gasteiger partial charge in [-0.25, -0.2) is 4.79 Å². The zero-order chi connectivity index (χ0) is 14.1. The number of nitrogen functional groups attached to an aromatic ring is 1. The molecule has 19 heavy (non-hydrogen) atoms. The summed E-state index contributed by atoms with van der Waals surface area (Å²) in [6.45, 7) is 1.82. The van der Waals surface area contributed by atoms with Gasteiger partial charge in [0.1, 0.15) is 12.4 Å². The van der Waals surface area contributed by atoms with E-state index in [1.165, 1.54) is 7.11 Å². The average molecular weight is 269 g/mol. The normalized spacial score (nSPS) is 10.2. The van der Waals surface area contributed by atoms with E-state index < -0.39 is 5.97 Å². The van der Waals surface area contributed by atoms with E-state index >= 15 is 0 Å². The van der Waals surface area contributed by atoms with Gasteiger partial charge in [0.25, 0.3) is 0 Å². The van der Waals surface area contributed by atoms with Crippen LogP contribution in [0, 0.1) is 0 Å². The number of nitrogens with two attached hydrogens (primary N) is 1. The number of rotatable bonds is 8. The Morgan fingerprint density at radius 2 is 1.89 bits per heavy atom. The van der Waals surface area contributed by atoms with Crippen molar-refractivity contribution < 1.29 is 23.7 Å². The highest BCUT2D eigenvalue weighted by atomic mass is 16.5. The van der Waals surface area contributed by atoms with Crippen LogP contribution in [0.2, 0.25) is 0 Å². The van der Waals surface area contributed by atoms with Crippen LogP contribution < -0.4 is 10.5 Å². The van der Waals surface area contributed by atoms with E-state index in [1.807, 2.05) is 0 Å². The first-order chi connectivity index (χ1) is 9.19. The molecule has 106 valence electrons. The number of benzene rings is 1. The van der Waals surface area contributed by atoms with Crippen molar-refractivity contribution in [3.8, 4) is 5.75 Å². The minimum Gasteiger partial charge on any atom is -0.489 e. The van der Waals surface area contributed by atoms with Crippen molar-refractivity contribution in [2.75, 3.05) is 46.4 Å². The summed E-state index contributed by atoms with van der Waals surface area (Å²) in [5.74, 6) is 0.0134. The average Bonchev–Trinajstić information content (AvgIpc) is 2.43. The Bertz CT molecular complexity index is 408. The van der Waals surface area contributed by atoms with Gasteiger partial charge in [-0.2, -0.15) is 0 Å². The van der Waals surface area contributed by atoms with Crippen LogP contribution >= 0.6 is 0 Å². The Morgan fingerprint density at radius 1 is 1.16 bits per heavy atom. The lowest BCUT2D eigenvalue weighted by Crippen LogP contribution is -2.11. The monoisotopic (exact) mass is 269 g/mol. The zero-order valence-corrected chi connectivity index (χ0v) is 11.2. The van der Waals surface area contributed by atoms with Gasteiger partial charge in [0.05, 0.1) is 38.2 Å². The maximum absolute atomic E-state index is 11.4. The van der Waals surface area contributed by atoms with E-state index in [9.17, 15) is 4.79 Å². The van der Waals surface area contributed by atoms with Crippen LogP contribution in [0.25, 0.3) is 0 Å². The minimum atomic E-state index is -0.429. The molecule has 6 heteroatoms. The van der Waals surface area contributed by atoms with Crippen molar-refractivity contribution in [1.29, 1.82) is 0 Å². The minimum absolute atomic E-state index is 0.346. The summed E-state index contributed by atoms with van der Waals surface area (Å²) in [4.78, 5) is 11.4. The van der Waals surface area contributed by atoms with E-state index in [-0.39, 0.29) is 0 Å². The van der Waals surface area contributed by atoms with E-state index in [0.29, 0.717) is 43.4 Å². The fourth-order valence-electron chi connectivity index (χ4n) is 1.36. The van der Waals surface area contributed by atoms with Crippen molar-refractivity contribution in [3.63, 3.8) is 0 Å². The molecule has 1 aromatic rings. The van der Waals surface area contributed by atoms with E-state index in [4.69, 9.17) is 19.9 Å². The van der Waals surface area contributed by atoms with Gasteiger partial charge >= 0.3 is 5.97 Å². The van der Waals surface area contributed by atoms with E-state index in [0.717, 1.165) is 0 Å². The number of carbonyl (C=O) groups excluding carboxylic acids is 1. The Kier molecular flexibility index (Phi) is 6.70. The molecule has 0 radical (unpaired) electrons. The molecule has 0 aliphatic carbocycles. The van der Waals surface area contributed by atoms with Crippen LogP contribution in [0.4, 0.5) is 5.69 Å². The number of hydrogen-bond acceptors (Lipinski definition) is 6. The van der Waals surface area contributed by atoms with Gasteiger partial charge < -0.3 is 24.7 Å². The Morgan fingerprint density at radius 3 is 2.58 bits per heavy atom. The van der Waals surface area contributed by atoms with Gasteiger partial charge in [-0.05, 0) is 18.2 Å². The first-order valence-corrected chi connectivity index (χ1v) is 5.86. The third kappa shape index (κ3) is 5.15. The molecule has 2 N–H and O–H groups in total. The zero-order valence-electron chi connectivity index (χ0n) is 11.2. The molecule has 0 aliphatic heterocycles. The molecule has 0 bridgehead atoms. The second kappa shape index (κ2) is 8.34. The number of hydrogen-bond donors (Lipinski definition) is 1. The molecule has 1 rings (SSSR count). The summed E-state index contributed by atoms with van der Waals surface area (Å²) in [5, 5.41) is 0. The Labute approximate surface area is 112 Å². The van der Waals surface area contributed by atoms with Gasteiger partial charge in [-0.15, -0.1) is 0 Å². The van der Waals surface area contributed by atoms with Crippen molar-refractivity contribution in [3.05, 3.63) is 23.8 Å². The van der Waals surface area contributed by atoms with Gasteiger partial charge in [-0.1, -0.05) is 0 Å². The summed E-state index contributed by atoms with van der Waals surface area (Å²) in [5.41, 5.74) is 6.61. The number of anilines is 1. The van der Waals surface area contributed by atoms with Gasteiger partial charge in [-0.3, -0.25) is 0 Å². The predicted octanol–water partition coefficient (Wildman–Crippen LogP) is 1.10. The van der Waals surface area contributed by atoms with Crippen LogP contribution in [0.5, 0.6) is 5.75 Å². The second-order valence-corrected chi connectivity index (χ2v) is 3.70. The molecule has 0 amide bonds. The first kappa shape index (κ1) is 15.3. The highest BCUT2D eigenvalue weighted by Crippen LogP contribution is 2.23. The summed E-state index contributed by atoms with van der Waals surface area (Å²) < 4.78 is 20.2. The lowest BCUT2D eigenvalue weighted by atomic mass is 10.2. The van der Waals surface area contributed by atoms with Crippen LogP contribution in [0.15, 0.2) is 18.2 Å². The number of ether oxygens (including phenoxy) is 4. The molecule has 1 aromatic carbocycles. The molecule has 0 spiro atoms. The van der Waals surface area contributed by atoms with Gasteiger partial charge in [0, 0.05) is 7.11 Å². The number of esters is 1. The van der Waals surface area contributed by atoms with E-state index in [1.54, 1.807) is 25.3 Å². The Hall–Kier alpha value is -1.79. The van der Waals surface area contributed by atoms with Crippen molar-refractivity contribution in [2.45, 2.75) is 0 Å². The number of carbonyl (C=O) groups is 1. The SMILES string of the molecule is COCCOCCOc1cc(C(=O)OC)ccc1N. The largest absolute Gasteiger partial charge is 0.489 e. The molecule has 0 unspecified atom stereocenters. The fraction of sp³-hybridized carbons (Fsp3) is 0.462. The second-order valence-electron chi connectivity index (χ2n) is 3.70. The lowest BCUT2D eigenvalue weighted by molar-refractivity contribution is 0.0543. The molecule has 0 aromatic heterocycles. The highest BCUT2D eigenvalue weighted by Gasteiger charge is 2.09. The predicted molar refractivity (Wildman–Crippen MR) is 70.4 cm³/mol. The summed E-state index contributed by atoms with van der Waals surface area (Å²) in [6, 6.07) is 4.74. The van der Waals surface area contributed by atoms with Crippen LogP contribution in [-0.4, -0.2) is 46.6 Å². The third-order valence-corrected chi connectivity index (χ3v) is 2.35. The summed E-state index contributed by atoms with van der Waals surface area (Å²) in [7, 11) is 2.93. The molecule has 0 heterocycles. The third-order valence-electron chi connectivity index (χ3n) is 2.35. The topological polar surface area (TPSA) is 80.0 Å². The first-order valence-electron chi connectivity index (χ1n) is 5.86. The summed E-state index contributed by atoms with van der Waals surface area (Å²) in [6.07, 6.45) is 0. The maximum Gasteiger partial charge on any atom is 0.337 e. The van der Waals surface area contributed by atoms with Crippen molar-refractivity contribution in [2.24, 2.45) is 0 Å². The van der Waals surface area contributed by atoms with Gasteiger partial charge in [0.15, 0.2) is 0 Å². The molecule has 0 fully saturated rings. The quantitative estimate of drug-likeness (QED) is 0.432. The Balaban J connectivity index is 2.46. The molecule has 0 atom stereocenters.